The zero-order valence-corrected chi connectivity index (χ0v) is 18.6. The van der Waals surface area contributed by atoms with Gasteiger partial charge in [0.05, 0.1) is 10.5 Å². The van der Waals surface area contributed by atoms with E-state index < -0.39 is 45.0 Å². The van der Waals surface area contributed by atoms with E-state index in [-0.39, 0.29) is 21.8 Å². The third-order valence-electron chi connectivity index (χ3n) is 4.54. The van der Waals surface area contributed by atoms with Crippen molar-refractivity contribution in [2.24, 2.45) is 5.14 Å². The van der Waals surface area contributed by atoms with Gasteiger partial charge in [-0.25, -0.2) is 22.3 Å². The van der Waals surface area contributed by atoms with E-state index in [0.717, 1.165) is 12.1 Å². The third kappa shape index (κ3) is 5.72. The van der Waals surface area contributed by atoms with Crippen molar-refractivity contribution in [2.75, 3.05) is 11.9 Å². The zero-order chi connectivity index (χ0) is 24.3. The average molecular weight is 495 g/mol. The molecule has 0 unspecified atom stereocenters. The summed E-state index contributed by atoms with van der Waals surface area (Å²) < 4.78 is 55.8. The van der Waals surface area contributed by atoms with Crippen molar-refractivity contribution in [2.45, 2.75) is 11.8 Å². The summed E-state index contributed by atoms with van der Waals surface area (Å²) in [5.74, 6) is -3.46. The van der Waals surface area contributed by atoms with Gasteiger partial charge in [-0.3, -0.25) is 9.59 Å². The number of nitrogens with one attached hydrogen (secondary N) is 1. The van der Waals surface area contributed by atoms with Gasteiger partial charge in [0.1, 0.15) is 22.4 Å². The molecule has 11 heteroatoms. The highest BCUT2D eigenvalue weighted by atomic mass is 35.5. The van der Waals surface area contributed by atoms with E-state index in [4.69, 9.17) is 21.5 Å². The van der Waals surface area contributed by atoms with Crippen LogP contribution in [0.25, 0.3) is 0 Å². The molecular formula is C22H17ClF2N2O5S. The first kappa shape index (κ1) is 24.3. The molecule has 3 aromatic rings. The maximum Gasteiger partial charge on any atom is 0.262 e. The molecule has 0 atom stereocenters. The second-order valence-corrected chi connectivity index (χ2v) is 8.88. The Morgan fingerprint density at radius 3 is 2.30 bits per heavy atom. The summed E-state index contributed by atoms with van der Waals surface area (Å²) in [7, 11) is -3.88. The minimum atomic E-state index is -3.88. The summed E-state index contributed by atoms with van der Waals surface area (Å²) in [4.78, 5) is 25.0. The van der Waals surface area contributed by atoms with Crippen molar-refractivity contribution in [3.05, 3.63) is 87.9 Å². The van der Waals surface area contributed by atoms with Crippen LogP contribution in [0.15, 0.2) is 59.5 Å². The molecule has 0 spiro atoms. The number of anilines is 1. The molecule has 0 radical (unpaired) electrons. The number of rotatable bonds is 7. The average Bonchev–Trinajstić information content (AvgIpc) is 2.76. The van der Waals surface area contributed by atoms with Crippen LogP contribution in [0.4, 0.5) is 14.5 Å². The molecule has 0 saturated carbocycles. The number of ether oxygens (including phenoxy) is 1. The summed E-state index contributed by atoms with van der Waals surface area (Å²) in [6.07, 6.45) is 0. The molecule has 0 aliphatic rings. The van der Waals surface area contributed by atoms with E-state index >= 15 is 0 Å². The number of aryl methyl sites for hydroxylation is 1. The molecule has 0 saturated heterocycles. The third-order valence-corrected chi connectivity index (χ3v) is 5.81. The number of nitrogens with two attached hydrogens (primary N) is 1. The van der Waals surface area contributed by atoms with Gasteiger partial charge >= 0.3 is 0 Å². The number of hydrogen-bond acceptors (Lipinski definition) is 5. The molecule has 0 heterocycles. The van der Waals surface area contributed by atoms with Crippen molar-refractivity contribution in [3.63, 3.8) is 0 Å². The minimum absolute atomic E-state index is 0.0138. The number of sulfonamides is 1. The standard InChI is InChI=1S/C22H17ClF2N2O5S/c1-12-8-14(33(26,30)31)6-7-18(12)27-20(28)11-32-19-5-3-2-4-15(19)22(29)13-9-16(24)21(23)17(25)10-13/h2-10H,11H2,1H3,(H,27,28)(H2,26,30,31). The summed E-state index contributed by atoms with van der Waals surface area (Å²) in [5.41, 5.74) is 0.505. The summed E-state index contributed by atoms with van der Waals surface area (Å²) >= 11 is 5.46. The highest BCUT2D eigenvalue weighted by molar-refractivity contribution is 7.89. The van der Waals surface area contributed by atoms with Gasteiger partial charge in [0.15, 0.2) is 12.4 Å². The smallest absolute Gasteiger partial charge is 0.262 e. The Bertz CT molecular complexity index is 1340. The Hall–Kier alpha value is -3.34. The van der Waals surface area contributed by atoms with Crippen molar-refractivity contribution in [3.8, 4) is 5.75 Å². The number of ketones is 1. The number of carbonyl (C=O) groups excluding carboxylic acids is 2. The molecule has 3 N–H and O–H groups in total. The highest BCUT2D eigenvalue weighted by Crippen LogP contribution is 2.26. The van der Waals surface area contributed by atoms with Gasteiger partial charge in [-0.2, -0.15) is 0 Å². The Balaban J connectivity index is 1.74. The number of benzene rings is 3. The lowest BCUT2D eigenvalue weighted by Crippen LogP contribution is -2.21. The summed E-state index contributed by atoms with van der Waals surface area (Å²) in [5, 5.41) is 6.92. The quantitative estimate of drug-likeness (QED) is 0.382. The number of para-hydroxylation sites is 1. The molecule has 33 heavy (non-hydrogen) atoms. The predicted octanol–water partition coefficient (Wildman–Crippen LogP) is 3.82. The van der Waals surface area contributed by atoms with Crippen LogP contribution in [0.1, 0.15) is 21.5 Å². The molecule has 1 amide bonds. The molecule has 172 valence electrons. The van der Waals surface area contributed by atoms with Gasteiger partial charge in [0, 0.05) is 11.3 Å². The lowest BCUT2D eigenvalue weighted by Gasteiger charge is -2.13. The van der Waals surface area contributed by atoms with E-state index in [1.807, 2.05) is 0 Å². The van der Waals surface area contributed by atoms with Crippen LogP contribution in [-0.4, -0.2) is 26.7 Å². The van der Waals surface area contributed by atoms with E-state index in [2.05, 4.69) is 5.32 Å². The minimum Gasteiger partial charge on any atom is -0.483 e. The van der Waals surface area contributed by atoms with Crippen molar-refractivity contribution < 1.29 is 31.5 Å². The van der Waals surface area contributed by atoms with Crippen LogP contribution in [-0.2, 0) is 14.8 Å². The Morgan fingerprint density at radius 2 is 1.70 bits per heavy atom. The second kappa shape index (κ2) is 9.65. The summed E-state index contributed by atoms with van der Waals surface area (Å²) in [6.45, 7) is 1.09. The van der Waals surface area contributed by atoms with E-state index in [1.54, 1.807) is 13.0 Å². The number of carbonyl (C=O) groups is 2. The number of primary sulfonamides is 1. The van der Waals surface area contributed by atoms with Gasteiger partial charge in [-0.15, -0.1) is 0 Å². The van der Waals surface area contributed by atoms with Crippen LogP contribution in [0.3, 0.4) is 0 Å². The lowest BCUT2D eigenvalue weighted by atomic mass is 10.0. The van der Waals surface area contributed by atoms with Crippen molar-refractivity contribution in [1.29, 1.82) is 0 Å². The predicted molar refractivity (Wildman–Crippen MR) is 118 cm³/mol. The van der Waals surface area contributed by atoms with E-state index in [0.29, 0.717) is 11.3 Å². The first-order valence-electron chi connectivity index (χ1n) is 9.31. The monoisotopic (exact) mass is 494 g/mol. The van der Waals surface area contributed by atoms with Crippen LogP contribution in [0.2, 0.25) is 5.02 Å². The fourth-order valence-electron chi connectivity index (χ4n) is 2.91. The Labute approximate surface area is 193 Å². The molecule has 0 fully saturated rings. The van der Waals surface area contributed by atoms with Crippen LogP contribution >= 0.6 is 11.6 Å². The second-order valence-electron chi connectivity index (χ2n) is 6.94. The largest absolute Gasteiger partial charge is 0.483 e. The van der Waals surface area contributed by atoms with Crippen LogP contribution in [0, 0.1) is 18.6 Å². The Kier molecular flexibility index (Phi) is 7.11. The molecule has 0 aliphatic carbocycles. The van der Waals surface area contributed by atoms with Crippen molar-refractivity contribution >= 4 is 39.0 Å². The molecular weight excluding hydrogens is 478 g/mol. The SMILES string of the molecule is Cc1cc(S(N)(=O)=O)ccc1NC(=O)COc1ccccc1C(=O)c1cc(F)c(Cl)c(F)c1. The maximum absolute atomic E-state index is 13.8. The van der Waals surface area contributed by atoms with Gasteiger partial charge in [0.2, 0.25) is 10.0 Å². The first-order chi connectivity index (χ1) is 15.5. The lowest BCUT2D eigenvalue weighted by molar-refractivity contribution is -0.118. The number of amides is 1. The zero-order valence-electron chi connectivity index (χ0n) is 17.1. The molecule has 0 aliphatic heterocycles. The summed E-state index contributed by atoms with van der Waals surface area (Å²) in [6, 6.07) is 11.5. The van der Waals surface area contributed by atoms with E-state index in [9.17, 15) is 26.8 Å². The van der Waals surface area contributed by atoms with Crippen LogP contribution < -0.4 is 15.2 Å². The highest BCUT2D eigenvalue weighted by Gasteiger charge is 2.19. The van der Waals surface area contributed by atoms with Gasteiger partial charge in [0.25, 0.3) is 5.91 Å². The topological polar surface area (TPSA) is 116 Å². The van der Waals surface area contributed by atoms with Crippen molar-refractivity contribution in [1.82, 2.24) is 0 Å². The molecule has 3 aromatic carbocycles. The Morgan fingerprint density at radius 1 is 1.06 bits per heavy atom. The van der Waals surface area contributed by atoms with Gasteiger partial charge < -0.3 is 10.1 Å². The van der Waals surface area contributed by atoms with Gasteiger partial charge in [-0.1, -0.05) is 23.7 Å². The van der Waals surface area contributed by atoms with Crippen LogP contribution in [0.5, 0.6) is 5.75 Å². The number of halogens is 3. The fraction of sp³-hybridized carbons (Fsp3) is 0.0909. The maximum atomic E-state index is 13.8. The van der Waals surface area contributed by atoms with Gasteiger partial charge in [-0.05, 0) is 55.0 Å². The first-order valence-corrected chi connectivity index (χ1v) is 11.2. The fourth-order valence-corrected chi connectivity index (χ4v) is 3.61. The molecule has 0 bridgehead atoms. The molecule has 0 aromatic heterocycles. The number of hydrogen-bond donors (Lipinski definition) is 2. The van der Waals surface area contributed by atoms with E-state index in [1.165, 1.54) is 36.4 Å². The molecule has 3 rings (SSSR count). The molecule has 7 nitrogen and oxygen atoms in total. The normalized spacial score (nSPS) is 11.2.